The molecule has 128 valence electrons. The Kier molecular flexibility index (Phi) is 4.25. The van der Waals surface area contributed by atoms with E-state index in [-0.39, 0.29) is 5.82 Å². The second-order valence-corrected chi connectivity index (χ2v) is 5.76. The molecule has 0 bridgehead atoms. The average molecular weight is 338 g/mol. The van der Waals surface area contributed by atoms with Gasteiger partial charge in [-0.1, -0.05) is 0 Å². The number of anilines is 2. The lowest BCUT2D eigenvalue weighted by Gasteiger charge is -2.22. The third-order valence-corrected chi connectivity index (χ3v) is 3.95. The van der Waals surface area contributed by atoms with Gasteiger partial charge in [-0.15, -0.1) is 0 Å². The lowest BCUT2D eigenvalue weighted by molar-refractivity contribution is -0.141. The molecule has 2 aromatic rings. The van der Waals surface area contributed by atoms with Gasteiger partial charge >= 0.3 is 6.18 Å². The topological polar surface area (TPSA) is 58.0 Å². The minimum absolute atomic E-state index is 0.282. The Labute approximate surface area is 137 Å². The van der Waals surface area contributed by atoms with Gasteiger partial charge in [0.1, 0.15) is 30.0 Å². The summed E-state index contributed by atoms with van der Waals surface area (Å²) >= 11 is 0. The van der Waals surface area contributed by atoms with E-state index in [0.29, 0.717) is 25.9 Å². The van der Waals surface area contributed by atoms with Crippen molar-refractivity contribution in [2.24, 2.45) is 0 Å². The summed E-state index contributed by atoms with van der Waals surface area (Å²) in [7, 11) is 3.82. The van der Waals surface area contributed by atoms with Gasteiger partial charge in [-0.25, -0.2) is 19.9 Å². The number of rotatable bonds is 2. The molecule has 0 saturated carbocycles. The summed E-state index contributed by atoms with van der Waals surface area (Å²) < 4.78 is 38.5. The van der Waals surface area contributed by atoms with Crippen molar-refractivity contribution >= 4 is 11.6 Å². The Morgan fingerprint density at radius 2 is 1.71 bits per heavy atom. The maximum Gasteiger partial charge on any atom is 0.433 e. The van der Waals surface area contributed by atoms with Gasteiger partial charge in [0.25, 0.3) is 0 Å². The monoisotopic (exact) mass is 338 g/mol. The van der Waals surface area contributed by atoms with Crippen LogP contribution in [0.1, 0.15) is 17.0 Å². The molecule has 0 aromatic carbocycles. The third-order valence-electron chi connectivity index (χ3n) is 3.95. The van der Waals surface area contributed by atoms with Crippen LogP contribution in [0, 0.1) is 0 Å². The molecule has 0 amide bonds. The molecule has 3 rings (SSSR count). The fourth-order valence-corrected chi connectivity index (χ4v) is 2.80. The SMILES string of the molecule is CN(C)c1ncnc2c1CCN(c1cc(C(F)(F)F)ncn1)CC2. The van der Waals surface area contributed by atoms with Gasteiger partial charge in [-0.2, -0.15) is 13.2 Å². The van der Waals surface area contributed by atoms with Crippen LogP contribution < -0.4 is 9.80 Å². The molecule has 9 heteroatoms. The Bertz CT molecular complexity index is 731. The summed E-state index contributed by atoms with van der Waals surface area (Å²) in [6.07, 6.45) is -0.716. The van der Waals surface area contributed by atoms with E-state index >= 15 is 0 Å². The molecule has 0 aliphatic carbocycles. The van der Waals surface area contributed by atoms with E-state index in [4.69, 9.17) is 0 Å². The lowest BCUT2D eigenvalue weighted by Crippen LogP contribution is -2.27. The van der Waals surface area contributed by atoms with E-state index in [1.54, 1.807) is 0 Å². The Morgan fingerprint density at radius 1 is 1.00 bits per heavy atom. The molecule has 2 aromatic heterocycles. The number of nitrogens with zero attached hydrogens (tertiary/aromatic N) is 6. The molecule has 1 aliphatic heterocycles. The van der Waals surface area contributed by atoms with Gasteiger partial charge in [-0.05, 0) is 6.42 Å². The van der Waals surface area contributed by atoms with Gasteiger partial charge in [0.05, 0.1) is 5.69 Å². The highest BCUT2D eigenvalue weighted by atomic mass is 19.4. The quantitative estimate of drug-likeness (QED) is 0.834. The zero-order chi connectivity index (χ0) is 17.3. The summed E-state index contributed by atoms with van der Waals surface area (Å²) in [5, 5.41) is 0. The zero-order valence-electron chi connectivity index (χ0n) is 13.4. The number of hydrogen-bond acceptors (Lipinski definition) is 6. The van der Waals surface area contributed by atoms with Crippen LogP contribution in [-0.4, -0.2) is 47.1 Å². The third kappa shape index (κ3) is 3.24. The van der Waals surface area contributed by atoms with Gasteiger partial charge < -0.3 is 9.80 Å². The normalized spacial score (nSPS) is 15.0. The summed E-state index contributed by atoms with van der Waals surface area (Å²) in [6, 6.07) is 0.995. The molecule has 6 nitrogen and oxygen atoms in total. The van der Waals surface area contributed by atoms with Crippen molar-refractivity contribution in [3.05, 3.63) is 35.7 Å². The summed E-state index contributed by atoms with van der Waals surface area (Å²) in [6.45, 7) is 1.10. The minimum Gasteiger partial charge on any atom is -0.362 e. The first-order valence-corrected chi connectivity index (χ1v) is 7.50. The van der Waals surface area contributed by atoms with Crippen molar-refractivity contribution in [2.75, 3.05) is 37.0 Å². The fraction of sp³-hybridized carbons (Fsp3) is 0.467. The standard InChI is InChI=1S/C15H17F3N6/c1-23(2)14-10-3-5-24(6-4-11(10)19-8-22-14)13-7-12(15(16,17)18)20-9-21-13/h7-9H,3-6H2,1-2H3. The van der Waals surface area contributed by atoms with E-state index < -0.39 is 11.9 Å². The van der Waals surface area contributed by atoms with E-state index in [1.807, 2.05) is 23.9 Å². The number of aromatic nitrogens is 4. The van der Waals surface area contributed by atoms with Crippen LogP contribution in [0.5, 0.6) is 0 Å². The van der Waals surface area contributed by atoms with Crippen molar-refractivity contribution in [3.63, 3.8) is 0 Å². The first-order valence-electron chi connectivity index (χ1n) is 7.50. The molecule has 0 fully saturated rings. The molecular weight excluding hydrogens is 321 g/mol. The van der Waals surface area contributed by atoms with Gasteiger partial charge in [0, 0.05) is 45.2 Å². The second-order valence-electron chi connectivity index (χ2n) is 5.76. The van der Waals surface area contributed by atoms with Crippen LogP contribution in [-0.2, 0) is 19.0 Å². The van der Waals surface area contributed by atoms with E-state index in [2.05, 4.69) is 19.9 Å². The fourth-order valence-electron chi connectivity index (χ4n) is 2.80. The molecule has 0 N–H and O–H groups in total. The largest absolute Gasteiger partial charge is 0.433 e. The van der Waals surface area contributed by atoms with Crippen molar-refractivity contribution in [1.82, 2.24) is 19.9 Å². The Balaban J connectivity index is 1.86. The Hall–Kier alpha value is -2.45. The van der Waals surface area contributed by atoms with Crippen molar-refractivity contribution in [3.8, 4) is 0 Å². The summed E-state index contributed by atoms with van der Waals surface area (Å²) in [5.74, 6) is 1.13. The van der Waals surface area contributed by atoms with Crippen LogP contribution in [0.15, 0.2) is 18.7 Å². The second kappa shape index (κ2) is 6.21. The number of hydrogen-bond donors (Lipinski definition) is 0. The minimum atomic E-state index is -4.48. The van der Waals surface area contributed by atoms with Crippen LogP contribution in [0.2, 0.25) is 0 Å². The van der Waals surface area contributed by atoms with Crippen LogP contribution >= 0.6 is 0 Å². The molecule has 0 atom stereocenters. The maximum absolute atomic E-state index is 12.8. The lowest BCUT2D eigenvalue weighted by atomic mass is 10.1. The average Bonchev–Trinajstić information content (AvgIpc) is 2.76. The zero-order valence-corrected chi connectivity index (χ0v) is 13.4. The highest BCUT2D eigenvalue weighted by Gasteiger charge is 2.33. The molecular formula is C15H17F3N6. The maximum atomic E-state index is 12.8. The van der Waals surface area contributed by atoms with Gasteiger partial charge in [0.15, 0.2) is 0 Å². The molecule has 1 aliphatic rings. The first-order chi connectivity index (χ1) is 11.4. The van der Waals surface area contributed by atoms with Crippen LogP contribution in [0.4, 0.5) is 24.8 Å². The number of fused-ring (bicyclic) bond motifs is 1. The van der Waals surface area contributed by atoms with Crippen molar-refractivity contribution < 1.29 is 13.2 Å². The van der Waals surface area contributed by atoms with Gasteiger partial charge in [-0.3, -0.25) is 0 Å². The Morgan fingerprint density at radius 3 is 2.42 bits per heavy atom. The highest BCUT2D eigenvalue weighted by molar-refractivity contribution is 5.50. The molecule has 0 saturated heterocycles. The van der Waals surface area contributed by atoms with Crippen LogP contribution in [0.25, 0.3) is 0 Å². The first kappa shape index (κ1) is 16.4. The molecule has 0 spiro atoms. The van der Waals surface area contributed by atoms with E-state index in [1.165, 1.54) is 6.33 Å². The summed E-state index contributed by atoms with van der Waals surface area (Å²) in [5.41, 5.74) is 1.04. The molecule has 0 radical (unpaired) electrons. The van der Waals surface area contributed by atoms with Crippen LogP contribution in [0.3, 0.4) is 0 Å². The molecule has 24 heavy (non-hydrogen) atoms. The number of alkyl halides is 3. The van der Waals surface area contributed by atoms with Crippen molar-refractivity contribution in [1.29, 1.82) is 0 Å². The number of halogens is 3. The van der Waals surface area contributed by atoms with Crippen molar-refractivity contribution in [2.45, 2.75) is 19.0 Å². The predicted octanol–water partition coefficient (Wildman–Crippen LogP) is 1.96. The highest BCUT2D eigenvalue weighted by Crippen LogP contribution is 2.30. The summed E-state index contributed by atoms with van der Waals surface area (Å²) in [4.78, 5) is 19.7. The van der Waals surface area contributed by atoms with Gasteiger partial charge in [0.2, 0.25) is 0 Å². The molecule has 0 unspecified atom stereocenters. The van der Waals surface area contributed by atoms with E-state index in [9.17, 15) is 13.2 Å². The van der Waals surface area contributed by atoms with E-state index in [0.717, 1.165) is 29.5 Å². The molecule has 3 heterocycles. The predicted molar refractivity (Wildman–Crippen MR) is 83.0 cm³/mol. The smallest absolute Gasteiger partial charge is 0.362 e.